The summed E-state index contributed by atoms with van der Waals surface area (Å²) in [7, 11) is 0. The minimum Gasteiger partial charge on any atom is -0.406 e. The van der Waals surface area contributed by atoms with Crippen molar-refractivity contribution in [1.29, 1.82) is 0 Å². The number of hydrogen-bond donors (Lipinski definition) is 1. The van der Waals surface area contributed by atoms with Gasteiger partial charge in [-0.3, -0.25) is 4.79 Å². The smallest absolute Gasteiger partial charge is 0.406 e. The minimum atomic E-state index is -4.77. The summed E-state index contributed by atoms with van der Waals surface area (Å²) in [5.74, 6) is 0.278. The molecule has 2 heterocycles. The van der Waals surface area contributed by atoms with Gasteiger partial charge in [-0.05, 0) is 66.8 Å². The summed E-state index contributed by atoms with van der Waals surface area (Å²) in [4.78, 5) is 19.8. The van der Waals surface area contributed by atoms with Gasteiger partial charge in [0, 0.05) is 18.7 Å². The number of nitrogens with zero attached hydrogens (tertiary/aromatic N) is 2. The van der Waals surface area contributed by atoms with Gasteiger partial charge in [0.05, 0.1) is 11.9 Å². The van der Waals surface area contributed by atoms with Crippen LogP contribution in [0, 0.1) is 6.92 Å². The number of pyridine rings is 1. The predicted molar refractivity (Wildman–Crippen MR) is 126 cm³/mol. The summed E-state index contributed by atoms with van der Waals surface area (Å²) in [6.45, 7) is 3.74. The number of hydrogen-bond acceptors (Lipinski definition) is 4. The van der Waals surface area contributed by atoms with Crippen LogP contribution in [0.2, 0.25) is 0 Å². The van der Waals surface area contributed by atoms with Crippen LogP contribution < -0.4 is 15.0 Å². The van der Waals surface area contributed by atoms with E-state index in [1.54, 1.807) is 37.4 Å². The summed E-state index contributed by atoms with van der Waals surface area (Å²) in [6, 6.07) is 14.6. The number of ether oxygens (including phenoxy) is 1. The number of carbonyl (C=O) groups is 1. The second-order valence-corrected chi connectivity index (χ2v) is 8.31. The molecule has 0 saturated carbocycles. The lowest BCUT2D eigenvalue weighted by Gasteiger charge is -2.21. The van der Waals surface area contributed by atoms with E-state index >= 15 is 0 Å². The van der Waals surface area contributed by atoms with Gasteiger partial charge in [0.2, 0.25) is 0 Å². The van der Waals surface area contributed by atoms with Crippen LogP contribution in [0.4, 0.5) is 24.7 Å². The van der Waals surface area contributed by atoms with Crippen LogP contribution in [0.15, 0.2) is 60.8 Å². The maximum absolute atomic E-state index is 13.0. The van der Waals surface area contributed by atoms with Gasteiger partial charge in [-0.1, -0.05) is 37.1 Å². The molecule has 1 fully saturated rings. The molecule has 178 valence electrons. The number of benzene rings is 2. The summed E-state index contributed by atoms with van der Waals surface area (Å²) < 4.78 is 41.8. The quantitative estimate of drug-likeness (QED) is 0.458. The number of carbonyl (C=O) groups excluding carboxylic acids is 1. The average Bonchev–Trinajstić information content (AvgIpc) is 3.08. The molecule has 1 aromatic heterocycles. The Morgan fingerprint density at radius 2 is 1.74 bits per heavy atom. The number of nitrogens with one attached hydrogen (secondary N) is 1. The zero-order valence-electron chi connectivity index (χ0n) is 18.9. The third-order valence-electron chi connectivity index (χ3n) is 5.89. The standard InChI is InChI=1S/C26H26F3N3O2/c1-18-22(19-8-6-9-21(16-19)34-26(27,28)29)10-7-11-23(18)25(33)31-20-12-13-24(30-17-20)32-14-4-2-3-5-15-32/h6-13,16-17H,2-5,14-15H2,1H3,(H,31,33). The lowest BCUT2D eigenvalue weighted by molar-refractivity contribution is -0.274. The molecule has 4 rings (SSSR count). The zero-order valence-corrected chi connectivity index (χ0v) is 18.9. The molecule has 0 atom stereocenters. The molecule has 0 radical (unpaired) electrons. The lowest BCUT2D eigenvalue weighted by atomic mass is 9.96. The molecule has 0 spiro atoms. The van der Waals surface area contributed by atoms with Gasteiger partial charge in [0.1, 0.15) is 11.6 Å². The highest BCUT2D eigenvalue weighted by Gasteiger charge is 2.31. The highest BCUT2D eigenvalue weighted by Crippen LogP contribution is 2.31. The zero-order chi connectivity index (χ0) is 24.1. The van der Waals surface area contributed by atoms with Gasteiger partial charge in [-0.15, -0.1) is 13.2 Å². The number of aromatic nitrogens is 1. The SMILES string of the molecule is Cc1c(C(=O)Nc2ccc(N3CCCCCC3)nc2)cccc1-c1cccc(OC(F)(F)F)c1. The Kier molecular flexibility index (Phi) is 7.05. The number of halogens is 3. The van der Waals surface area contributed by atoms with E-state index < -0.39 is 6.36 Å². The minimum absolute atomic E-state index is 0.310. The summed E-state index contributed by atoms with van der Waals surface area (Å²) in [5, 5.41) is 2.87. The van der Waals surface area contributed by atoms with E-state index in [0.29, 0.717) is 27.9 Å². The van der Waals surface area contributed by atoms with Gasteiger partial charge in [0.25, 0.3) is 5.91 Å². The van der Waals surface area contributed by atoms with Crippen LogP contribution in [0.5, 0.6) is 5.75 Å². The Bertz CT molecular complexity index is 1140. The van der Waals surface area contributed by atoms with Crippen molar-refractivity contribution < 1.29 is 22.7 Å². The number of alkyl halides is 3. The number of rotatable bonds is 5. The van der Waals surface area contributed by atoms with Crippen LogP contribution in [0.25, 0.3) is 11.1 Å². The van der Waals surface area contributed by atoms with Gasteiger partial charge in [0.15, 0.2) is 0 Å². The predicted octanol–water partition coefficient (Wildman–Crippen LogP) is 6.59. The molecule has 0 aliphatic carbocycles. The monoisotopic (exact) mass is 469 g/mol. The van der Waals surface area contributed by atoms with Gasteiger partial charge < -0.3 is 15.0 Å². The van der Waals surface area contributed by atoms with Crippen molar-refractivity contribution in [3.8, 4) is 16.9 Å². The van der Waals surface area contributed by atoms with E-state index in [2.05, 4.69) is 19.9 Å². The molecular weight excluding hydrogens is 443 g/mol. The van der Waals surface area contributed by atoms with Gasteiger partial charge in [-0.25, -0.2) is 4.98 Å². The van der Waals surface area contributed by atoms with E-state index in [4.69, 9.17) is 0 Å². The first-order valence-electron chi connectivity index (χ1n) is 11.3. The molecule has 1 aliphatic heterocycles. The molecule has 1 aliphatic rings. The summed E-state index contributed by atoms with van der Waals surface area (Å²) in [6.07, 6.45) is 1.66. The topological polar surface area (TPSA) is 54.5 Å². The molecule has 8 heteroatoms. The van der Waals surface area contributed by atoms with Crippen molar-refractivity contribution in [3.63, 3.8) is 0 Å². The van der Waals surface area contributed by atoms with Crippen molar-refractivity contribution >= 4 is 17.4 Å². The van der Waals surface area contributed by atoms with Crippen molar-refractivity contribution in [1.82, 2.24) is 4.98 Å². The van der Waals surface area contributed by atoms with E-state index in [9.17, 15) is 18.0 Å². The van der Waals surface area contributed by atoms with E-state index in [0.717, 1.165) is 31.7 Å². The maximum Gasteiger partial charge on any atom is 0.573 e. The molecule has 34 heavy (non-hydrogen) atoms. The normalized spacial score (nSPS) is 14.4. The van der Waals surface area contributed by atoms with Crippen LogP contribution in [-0.2, 0) is 0 Å². The first kappa shape index (κ1) is 23.6. The van der Waals surface area contributed by atoms with Crippen molar-refractivity contribution in [3.05, 3.63) is 71.9 Å². The lowest BCUT2D eigenvalue weighted by Crippen LogP contribution is -2.24. The summed E-state index contributed by atoms with van der Waals surface area (Å²) >= 11 is 0. The fourth-order valence-corrected chi connectivity index (χ4v) is 4.20. The largest absolute Gasteiger partial charge is 0.573 e. The van der Waals surface area contributed by atoms with Crippen molar-refractivity contribution in [2.75, 3.05) is 23.3 Å². The van der Waals surface area contributed by atoms with Crippen LogP contribution in [0.1, 0.15) is 41.6 Å². The molecule has 2 aromatic carbocycles. The first-order valence-corrected chi connectivity index (χ1v) is 11.3. The second kappa shape index (κ2) is 10.2. The molecule has 1 amide bonds. The second-order valence-electron chi connectivity index (χ2n) is 8.31. The fourth-order valence-electron chi connectivity index (χ4n) is 4.20. The Hall–Kier alpha value is -3.55. The number of anilines is 2. The maximum atomic E-state index is 13.0. The highest BCUT2D eigenvalue weighted by atomic mass is 19.4. The van der Waals surface area contributed by atoms with E-state index in [1.807, 2.05) is 12.1 Å². The Labute approximate surface area is 196 Å². The molecule has 1 saturated heterocycles. The molecule has 5 nitrogen and oxygen atoms in total. The van der Waals surface area contributed by atoms with Crippen LogP contribution >= 0.6 is 0 Å². The first-order chi connectivity index (χ1) is 16.3. The fraction of sp³-hybridized carbons (Fsp3) is 0.308. The molecular formula is C26H26F3N3O2. The van der Waals surface area contributed by atoms with E-state index in [1.165, 1.54) is 31.0 Å². The molecule has 0 bridgehead atoms. The molecule has 3 aromatic rings. The van der Waals surface area contributed by atoms with Crippen molar-refractivity contribution in [2.45, 2.75) is 39.0 Å². The average molecular weight is 470 g/mol. The number of amides is 1. The van der Waals surface area contributed by atoms with Gasteiger partial charge >= 0.3 is 6.36 Å². The third kappa shape index (κ3) is 5.87. The van der Waals surface area contributed by atoms with Crippen molar-refractivity contribution in [2.24, 2.45) is 0 Å². The van der Waals surface area contributed by atoms with Crippen LogP contribution in [-0.4, -0.2) is 30.3 Å². The molecule has 1 N–H and O–H groups in total. The molecule has 0 unspecified atom stereocenters. The Balaban J connectivity index is 1.50. The third-order valence-corrected chi connectivity index (χ3v) is 5.89. The Morgan fingerprint density at radius 1 is 1.00 bits per heavy atom. The Morgan fingerprint density at radius 3 is 2.41 bits per heavy atom. The van der Waals surface area contributed by atoms with E-state index in [-0.39, 0.29) is 11.7 Å². The highest BCUT2D eigenvalue weighted by molar-refractivity contribution is 6.06. The van der Waals surface area contributed by atoms with Gasteiger partial charge in [-0.2, -0.15) is 0 Å². The van der Waals surface area contributed by atoms with Crippen LogP contribution in [0.3, 0.4) is 0 Å². The summed E-state index contributed by atoms with van der Waals surface area (Å²) in [5.41, 5.74) is 2.83.